The van der Waals surface area contributed by atoms with Gasteiger partial charge in [0.1, 0.15) is 11.3 Å². The normalized spacial score (nSPS) is 12.1. The Balaban J connectivity index is 1.61. The van der Waals surface area contributed by atoms with E-state index in [1.165, 1.54) is 18.2 Å². The molecule has 4 rings (SSSR count). The van der Waals surface area contributed by atoms with Crippen molar-refractivity contribution in [2.24, 2.45) is 5.14 Å². The molecule has 0 saturated heterocycles. The minimum absolute atomic E-state index is 0.0234. The van der Waals surface area contributed by atoms with Gasteiger partial charge < -0.3 is 14.5 Å². The van der Waals surface area contributed by atoms with E-state index in [9.17, 15) is 13.2 Å². The summed E-state index contributed by atoms with van der Waals surface area (Å²) in [6.45, 7) is 4.02. The summed E-state index contributed by atoms with van der Waals surface area (Å²) in [7, 11) is -2.16. The van der Waals surface area contributed by atoms with Crippen molar-refractivity contribution in [3.63, 3.8) is 0 Å². The number of methoxy groups -OCH3 is 1. The number of allylic oxidation sites excluding steroid dienone is 1. The van der Waals surface area contributed by atoms with E-state index in [0.29, 0.717) is 5.75 Å². The van der Waals surface area contributed by atoms with E-state index in [0.717, 1.165) is 44.4 Å². The van der Waals surface area contributed by atoms with Crippen LogP contribution < -0.4 is 15.2 Å². The number of sulfonamides is 1. The van der Waals surface area contributed by atoms with Crippen molar-refractivity contribution >= 4 is 32.5 Å². The van der Waals surface area contributed by atoms with Crippen LogP contribution in [0.4, 0.5) is 0 Å². The lowest BCUT2D eigenvalue weighted by atomic mass is 9.96. The molecule has 4 aromatic rings. The SMILES string of the molecule is COc1c(/C(C)=C/C(=O)NCc2ccc(S(N)(=O)=O)cc2)cc2c(-c3ccccc3)coc2c1C. The maximum absolute atomic E-state index is 12.7. The lowest BCUT2D eigenvalue weighted by molar-refractivity contribution is -0.116. The summed E-state index contributed by atoms with van der Waals surface area (Å²) in [5.41, 5.74) is 5.87. The van der Waals surface area contributed by atoms with Gasteiger partial charge in [0.25, 0.3) is 0 Å². The number of carbonyl (C=O) groups excluding carboxylic acids is 1. The molecule has 0 unspecified atom stereocenters. The zero-order valence-electron chi connectivity index (χ0n) is 19.7. The molecule has 0 radical (unpaired) electrons. The molecule has 7 nitrogen and oxygen atoms in total. The summed E-state index contributed by atoms with van der Waals surface area (Å²) in [5, 5.41) is 8.88. The predicted molar refractivity (Wildman–Crippen MR) is 136 cm³/mol. The van der Waals surface area contributed by atoms with Crippen LogP contribution in [-0.4, -0.2) is 21.4 Å². The first kappa shape index (κ1) is 24.3. The molecule has 1 amide bonds. The van der Waals surface area contributed by atoms with E-state index in [-0.39, 0.29) is 17.3 Å². The molecule has 8 heteroatoms. The van der Waals surface area contributed by atoms with E-state index < -0.39 is 10.0 Å². The van der Waals surface area contributed by atoms with Crippen molar-refractivity contribution in [3.05, 3.63) is 89.7 Å². The quantitative estimate of drug-likeness (QED) is 0.362. The lowest BCUT2D eigenvalue weighted by Gasteiger charge is -2.13. The molecule has 1 heterocycles. The second-order valence-corrected chi connectivity index (χ2v) is 9.77. The van der Waals surface area contributed by atoms with Gasteiger partial charge in [-0.2, -0.15) is 0 Å². The summed E-state index contributed by atoms with van der Waals surface area (Å²) in [6.07, 6.45) is 3.26. The number of nitrogens with one attached hydrogen (secondary N) is 1. The molecule has 0 aliphatic heterocycles. The molecule has 0 saturated carbocycles. The summed E-state index contributed by atoms with van der Waals surface area (Å²) in [5.74, 6) is 0.361. The first-order valence-corrected chi connectivity index (χ1v) is 12.5. The zero-order valence-corrected chi connectivity index (χ0v) is 20.5. The highest BCUT2D eigenvalue weighted by molar-refractivity contribution is 7.89. The lowest BCUT2D eigenvalue weighted by Crippen LogP contribution is -2.20. The Morgan fingerprint density at radius 3 is 2.43 bits per heavy atom. The number of nitrogens with two attached hydrogens (primary N) is 1. The van der Waals surface area contributed by atoms with E-state index >= 15 is 0 Å². The van der Waals surface area contributed by atoms with Crippen molar-refractivity contribution in [2.75, 3.05) is 7.11 Å². The number of hydrogen-bond donors (Lipinski definition) is 2. The van der Waals surface area contributed by atoms with E-state index in [1.807, 2.05) is 50.2 Å². The molecule has 0 aliphatic carbocycles. The largest absolute Gasteiger partial charge is 0.496 e. The Labute approximate surface area is 204 Å². The summed E-state index contributed by atoms with van der Waals surface area (Å²) < 4.78 is 34.3. The third kappa shape index (κ3) is 5.13. The number of benzene rings is 3. The van der Waals surface area contributed by atoms with Gasteiger partial charge in [-0.1, -0.05) is 42.5 Å². The third-order valence-electron chi connectivity index (χ3n) is 5.82. The second-order valence-electron chi connectivity index (χ2n) is 8.21. The number of rotatable bonds is 7. The van der Waals surface area contributed by atoms with Gasteiger partial charge in [0.2, 0.25) is 15.9 Å². The highest BCUT2D eigenvalue weighted by atomic mass is 32.2. The fourth-order valence-electron chi connectivity index (χ4n) is 4.02. The van der Waals surface area contributed by atoms with Crippen LogP contribution in [0.5, 0.6) is 5.75 Å². The number of aryl methyl sites for hydroxylation is 1. The molecule has 0 bridgehead atoms. The fourth-order valence-corrected chi connectivity index (χ4v) is 4.54. The minimum atomic E-state index is -3.76. The molecule has 0 aliphatic rings. The number of furan rings is 1. The number of ether oxygens (including phenoxy) is 1. The van der Waals surface area contributed by atoms with Crippen LogP contribution in [0.3, 0.4) is 0 Å². The van der Waals surface area contributed by atoms with Crippen LogP contribution in [0.15, 0.2) is 82.3 Å². The Hall–Kier alpha value is -3.88. The number of fused-ring (bicyclic) bond motifs is 1. The average Bonchev–Trinajstić information content (AvgIpc) is 3.27. The summed E-state index contributed by atoms with van der Waals surface area (Å²) in [6, 6.07) is 18.0. The van der Waals surface area contributed by atoms with Gasteiger partial charge in [-0.05, 0) is 48.7 Å². The number of carbonyl (C=O) groups is 1. The first-order valence-electron chi connectivity index (χ1n) is 10.9. The van der Waals surface area contributed by atoms with Crippen LogP contribution in [0.2, 0.25) is 0 Å². The molecule has 3 aromatic carbocycles. The highest BCUT2D eigenvalue weighted by Gasteiger charge is 2.18. The van der Waals surface area contributed by atoms with E-state index in [1.54, 1.807) is 25.5 Å². The number of primary sulfonamides is 1. The van der Waals surface area contributed by atoms with Gasteiger partial charge in [-0.25, -0.2) is 13.6 Å². The van der Waals surface area contributed by atoms with Crippen LogP contribution >= 0.6 is 0 Å². The molecule has 3 N–H and O–H groups in total. The smallest absolute Gasteiger partial charge is 0.244 e. The molecule has 0 spiro atoms. The Bertz CT molecular complexity index is 1520. The van der Waals surface area contributed by atoms with Crippen molar-refractivity contribution in [1.29, 1.82) is 0 Å². The minimum Gasteiger partial charge on any atom is -0.496 e. The van der Waals surface area contributed by atoms with Crippen molar-refractivity contribution in [1.82, 2.24) is 5.32 Å². The fraction of sp³-hybridized carbons (Fsp3) is 0.148. The third-order valence-corrected chi connectivity index (χ3v) is 6.75. The van der Waals surface area contributed by atoms with Gasteiger partial charge in [0, 0.05) is 34.7 Å². The van der Waals surface area contributed by atoms with Gasteiger partial charge >= 0.3 is 0 Å². The van der Waals surface area contributed by atoms with Crippen LogP contribution in [0.25, 0.3) is 27.7 Å². The molecule has 35 heavy (non-hydrogen) atoms. The number of amides is 1. The standard InChI is InChI=1S/C27H26N2O5S/c1-17(13-25(30)29-15-19-9-11-21(12-10-19)35(28,31)32)22-14-23-24(20-7-5-4-6-8-20)16-34-27(23)18(2)26(22)33-3/h4-14,16H,15H2,1-3H3,(H,29,30)(H2,28,31,32)/b17-13+. The van der Waals surface area contributed by atoms with Gasteiger partial charge in [-0.15, -0.1) is 0 Å². The maximum Gasteiger partial charge on any atom is 0.244 e. The van der Waals surface area contributed by atoms with Crippen molar-refractivity contribution < 1.29 is 22.4 Å². The number of hydrogen-bond acceptors (Lipinski definition) is 5. The molecule has 1 aromatic heterocycles. The van der Waals surface area contributed by atoms with E-state index in [4.69, 9.17) is 14.3 Å². The second kappa shape index (κ2) is 9.77. The molecule has 0 fully saturated rings. The predicted octanol–water partition coefficient (Wildman–Crippen LogP) is 4.78. The molecular weight excluding hydrogens is 464 g/mol. The topological polar surface area (TPSA) is 112 Å². The average molecular weight is 491 g/mol. The van der Waals surface area contributed by atoms with Crippen LogP contribution in [-0.2, 0) is 21.4 Å². The van der Waals surface area contributed by atoms with Crippen molar-refractivity contribution in [3.8, 4) is 16.9 Å². The first-order chi connectivity index (χ1) is 16.7. The van der Waals surface area contributed by atoms with Gasteiger partial charge in [0.05, 0.1) is 18.3 Å². The maximum atomic E-state index is 12.7. The van der Waals surface area contributed by atoms with Gasteiger partial charge in [0.15, 0.2) is 0 Å². The summed E-state index contributed by atoms with van der Waals surface area (Å²) in [4.78, 5) is 12.7. The van der Waals surface area contributed by atoms with Crippen LogP contribution in [0, 0.1) is 6.92 Å². The summed E-state index contributed by atoms with van der Waals surface area (Å²) >= 11 is 0. The van der Waals surface area contributed by atoms with Gasteiger partial charge in [-0.3, -0.25) is 4.79 Å². The molecule has 0 atom stereocenters. The van der Waals surface area contributed by atoms with E-state index in [2.05, 4.69) is 5.32 Å². The molecular formula is C27H26N2O5S. The Kier molecular flexibility index (Phi) is 6.77. The van der Waals surface area contributed by atoms with Crippen LogP contribution in [0.1, 0.15) is 23.6 Å². The zero-order chi connectivity index (χ0) is 25.2. The van der Waals surface area contributed by atoms with Crippen molar-refractivity contribution in [2.45, 2.75) is 25.3 Å². The highest BCUT2D eigenvalue weighted by Crippen LogP contribution is 2.40. The Morgan fingerprint density at radius 2 is 1.80 bits per heavy atom. The Morgan fingerprint density at radius 1 is 1.11 bits per heavy atom. The molecule has 180 valence electrons. The monoisotopic (exact) mass is 490 g/mol.